The fraction of sp³-hybridized carbons (Fsp3) is 0.481. The molecule has 0 amide bonds. The van der Waals surface area contributed by atoms with Crippen LogP contribution in [-0.2, 0) is 4.74 Å². The molecule has 0 N–H and O–H groups in total. The van der Waals surface area contributed by atoms with Crippen molar-refractivity contribution in [2.75, 3.05) is 6.61 Å². The molecule has 166 valence electrons. The second-order valence-electron chi connectivity index (χ2n) is 7.86. The molecular weight excluding hydrogens is 386 g/mol. The number of unbranched alkanes of at least 4 members (excludes halogenated alkanes) is 7. The topological polar surface area (TPSA) is 59.3 Å². The summed E-state index contributed by atoms with van der Waals surface area (Å²) < 4.78 is 11.5. The van der Waals surface area contributed by atoms with Crippen LogP contribution >= 0.6 is 0 Å². The first-order valence-corrected chi connectivity index (χ1v) is 11.6. The zero-order valence-electron chi connectivity index (χ0n) is 18.9. The molecule has 1 atom stereocenters. The molecule has 0 saturated carbocycles. The Bertz CT molecular complexity index is 826. The smallest absolute Gasteiger partial charge is 0.338 e. The van der Waals surface area contributed by atoms with Gasteiger partial charge in [0.05, 0.1) is 17.7 Å². The van der Waals surface area contributed by atoms with E-state index in [9.17, 15) is 10.1 Å². The number of carbonyl (C=O) groups is 1. The third kappa shape index (κ3) is 8.45. The molecule has 0 aromatic heterocycles. The van der Waals surface area contributed by atoms with E-state index in [0.717, 1.165) is 18.4 Å². The van der Waals surface area contributed by atoms with E-state index in [-0.39, 0.29) is 6.10 Å². The van der Waals surface area contributed by atoms with E-state index in [1.54, 1.807) is 18.2 Å². The average molecular weight is 422 g/mol. The Labute approximate surface area is 187 Å². The first kappa shape index (κ1) is 24.5. The SMILES string of the molecule is CCCCCCCCCCOc1ccc(C(=O)OC(CC)c2ccccc2)cc1C#N. The number of carbonyl (C=O) groups excluding carboxylic acids is 1. The van der Waals surface area contributed by atoms with Crippen LogP contribution in [0.15, 0.2) is 48.5 Å². The molecular formula is C27H35NO3. The van der Waals surface area contributed by atoms with Crippen LogP contribution in [0.5, 0.6) is 5.75 Å². The zero-order chi connectivity index (χ0) is 22.3. The maximum Gasteiger partial charge on any atom is 0.338 e. The molecule has 0 saturated heterocycles. The lowest BCUT2D eigenvalue weighted by Gasteiger charge is -2.17. The van der Waals surface area contributed by atoms with Crippen molar-refractivity contribution in [1.82, 2.24) is 0 Å². The van der Waals surface area contributed by atoms with E-state index < -0.39 is 5.97 Å². The van der Waals surface area contributed by atoms with Gasteiger partial charge in [-0.05, 0) is 36.6 Å². The van der Waals surface area contributed by atoms with Crippen LogP contribution < -0.4 is 4.74 Å². The first-order chi connectivity index (χ1) is 15.2. The molecule has 0 aliphatic carbocycles. The second kappa shape index (κ2) is 14.2. The fourth-order valence-corrected chi connectivity index (χ4v) is 3.54. The van der Waals surface area contributed by atoms with Gasteiger partial charge >= 0.3 is 5.97 Å². The van der Waals surface area contributed by atoms with E-state index in [4.69, 9.17) is 9.47 Å². The Kier molecular flexibility index (Phi) is 11.2. The molecule has 0 spiro atoms. The van der Waals surface area contributed by atoms with Gasteiger partial charge in [0.25, 0.3) is 0 Å². The van der Waals surface area contributed by atoms with Crippen LogP contribution in [0, 0.1) is 11.3 Å². The molecule has 2 rings (SSSR count). The van der Waals surface area contributed by atoms with E-state index >= 15 is 0 Å². The summed E-state index contributed by atoms with van der Waals surface area (Å²) in [4.78, 5) is 12.6. The number of nitrogens with zero attached hydrogens (tertiary/aromatic N) is 1. The highest BCUT2D eigenvalue weighted by Gasteiger charge is 2.17. The number of hydrogen-bond acceptors (Lipinski definition) is 4. The predicted octanol–water partition coefficient (Wildman–Crippen LogP) is 7.39. The molecule has 1 unspecified atom stereocenters. The highest BCUT2D eigenvalue weighted by atomic mass is 16.5. The molecule has 4 heteroatoms. The summed E-state index contributed by atoms with van der Waals surface area (Å²) in [5.41, 5.74) is 1.69. The quantitative estimate of drug-likeness (QED) is 0.236. The Morgan fingerprint density at radius 2 is 1.61 bits per heavy atom. The second-order valence-corrected chi connectivity index (χ2v) is 7.86. The minimum atomic E-state index is -0.429. The van der Waals surface area contributed by atoms with Crippen LogP contribution in [0.25, 0.3) is 0 Å². The number of ether oxygens (including phenoxy) is 2. The van der Waals surface area contributed by atoms with Crippen molar-refractivity contribution < 1.29 is 14.3 Å². The molecule has 0 aliphatic rings. The minimum Gasteiger partial charge on any atom is -0.492 e. The molecule has 0 aliphatic heterocycles. The van der Waals surface area contributed by atoms with Crippen molar-refractivity contribution >= 4 is 5.97 Å². The number of rotatable bonds is 14. The van der Waals surface area contributed by atoms with E-state index in [1.165, 1.54) is 38.5 Å². The monoisotopic (exact) mass is 421 g/mol. The van der Waals surface area contributed by atoms with Gasteiger partial charge in [-0.1, -0.05) is 89.1 Å². The van der Waals surface area contributed by atoms with Crippen LogP contribution in [0.1, 0.15) is 99.2 Å². The maximum atomic E-state index is 12.6. The first-order valence-electron chi connectivity index (χ1n) is 11.6. The standard InChI is InChI=1S/C27H35NO3/c1-3-5-6-7-8-9-10-14-19-30-26-18-17-23(20-24(26)21-28)27(29)31-25(4-2)22-15-12-11-13-16-22/h11-13,15-18,20,25H,3-10,14,19H2,1-2H3. The summed E-state index contributed by atoms with van der Waals surface area (Å²) in [6.45, 7) is 4.79. The van der Waals surface area contributed by atoms with Gasteiger partial charge in [0, 0.05) is 0 Å². The lowest BCUT2D eigenvalue weighted by molar-refractivity contribution is 0.0288. The van der Waals surface area contributed by atoms with Gasteiger partial charge in [0.15, 0.2) is 0 Å². The summed E-state index contributed by atoms with van der Waals surface area (Å²) in [5, 5.41) is 9.49. The number of esters is 1. The van der Waals surface area contributed by atoms with Gasteiger partial charge in [-0.15, -0.1) is 0 Å². The molecule has 4 nitrogen and oxygen atoms in total. The Balaban J connectivity index is 1.84. The molecule has 0 heterocycles. The van der Waals surface area contributed by atoms with Gasteiger partial charge in [-0.25, -0.2) is 4.79 Å². The Morgan fingerprint density at radius 1 is 0.935 bits per heavy atom. The fourth-order valence-electron chi connectivity index (χ4n) is 3.54. The summed E-state index contributed by atoms with van der Waals surface area (Å²) in [6, 6.07) is 16.8. The summed E-state index contributed by atoms with van der Waals surface area (Å²) >= 11 is 0. The minimum absolute atomic E-state index is 0.308. The Morgan fingerprint density at radius 3 is 2.26 bits per heavy atom. The van der Waals surface area contributed by atoms with Crippen molar-refractivity contribution in [3.05, 3.63) is 65.2 Å². The van der Waals surface area contributed by atoms with E-state index in [2.05, 4.69) is 13.0 Å². The normalized spacial score (nSPS) is 11.5. The van der Waals surface area contributed by atoms with E-state index in [0.29, 0.717) is 29.9 Å². The largest absolute Gasteiger partial charge is 0.492 e. The van der Waals surface area contributed by atoms with Gasteiger partial charge in [-0.2, -0.15) is 5.26 Å². The third-order valence-corrected chi connectivity index (χ3v) is 5.38. The van der Waals surface area contributed by atoms with Gasteiger partial charge in [0.1, 0.15) is 17.9 Å². The maximum absolute atomic E-state index is 12.6. The van der Waals surface area contributed by atoms with Crippen molar-refractivity contribution in [2.24, 2.45) is 0 Å². The highest BCUT2D eigenvalue weighted by Crippen LogP contribution is 2.25. The molecule has 31 heavy (non-hydrogen) atoms. The number of hydrogen-bond donors (Lipinski definition) is 0. The van der Waals surface area contributed by atoms with E-state index in [1.807, 2.05) is 37.3 Å². The number of benzene rings is 2. The average Bonchev–Trinajstić information content (AvgIpc) is 2.81. The summed E-state index contributed by atoms with van der Waals surface area (Å²) in [6.07, 6.45) is 10.2. The third-order valence-electron chi connectivity index (χ3n) is 5.38. The highest BCUT2D eigenvalue weighted by molar-refractivity contribution is 5.90. The lowest BCUT2D eigenvalue weighted by Crippen LogP contribution is -2.11. The predicted molar refractivity (Wildman–Crippen MR) is 124 cm³/mol. The van der Waals surface area contributed by atoms with Crippen molar-refractivity contribution in [2.45, 2.75) is 77.7 Å². The lowest BCUT2D eigenvalue weighted by atomic mass is 10.1. The van der Waals surface area contributed by atoms with Crippen LogP contribution in [0.3, 0.4) is 0 Å². The molecule has 0 bridgehead atoms. The molecule has 2 aromatic carbocycles. The molecule has 2 aromatic rings. The van der Waals surface area contributed by atoms with Crippen molar-refractivity contribution in [3.8, 4) is 11.8 Å². The molecule has 0 fully saturated rings. The van der Waals surface area contributed by atoms with Gasteiger partial charge < -0.3 is 9.47 Å². The zero-order valence-corrected chi connectivity index (χ0v) is 18.9. The Hall–Kier alpha value is -2.80. The van der Waals surface area contributed by atoms with Crippen LogP contribution in [0.4, 0.5) is 0 Å². The summed E-state index contributed by atoms with van der Waals surface area (Å²) in [7, 11) is 0. The number of nitriles is 1. The van der Waals surface area contributed by atoms with Crippen molar-refractivity contribution in [3.63, 3.8) is 0 Å². The van der Waals surface area contributed by atoms with Crippen LogP contribution in [0.2, 0.25) is 0 Å². The summed E-state index contributed by atoms with van der Waals surface area (Å²) in [5.74, 6) is 0.0962. The van der Waals surface area contributed by atoms with Crippen molar-refractivity contribution in [1.29, 1.82) is 5.26 Å². The van der Waals surface area contributed by atoms with Gasteiger partial charge in [0.2, 0.25) is 0 Å². The van der Waals surface area contributed by atoms with Crippen LogP contribution in [-0.4, -0.2) is 12.6 Å². The molecule has 0 radical (unpaired) electrons. The van der Waals surface area contributed by atoms with Gasteiger partial charge in [-0.3, -0.25) is 0 Å².